The lowest BCUT2D eigenvalue weighted by atomic mass is 9.90. The van der Waals surface area contributed by atoms with Gasteiger partial charge in [-0.25, -0.2) is 0 Å². The SMILES string of the molecule is NC1CCN(C(=O)C2CC2C2SCCC2c2ccccc2)C1. The maximum atomic E-state index is 12.6. The van der Waals surface area contributed by atoms with Crippen LogP contribution in [-0.2, 0) is 4.79 Å². The summed E-state index contributed by atoms with van der Waals surface area (Å²) in [5.74, 6) is 3.09. The average Bonchev–Trinajstić information content (AvgIpc) is 2.97. The summed E-state index contributed by atoms with van der Waals surface area (Å²) in [6.07, 6.45) is 3.31. The second kappa shape index (κ2) is 5.89. The van der Waals surface area contributed by atoms with Crippen LogP contribution in [0.2, 0.25) is 0 Å². The molecule has 5 unspecified atom stereocenters. The first-order valence-electron chi connectivity index (χ1n) is 8.45. The molecule has 1 aliphatic carbocycles. The van der Waals surface area contributed by atoms with Crippen molar-refractivity contribution < 1.29 is 4.79 Å². The van der Waals surface area contributed by atoms with Crippen LogP contribution in [0.25, 0.3) is 0 Å². The topological polar surface area (TPSA) is 46.3 Å². The number of likely N-dealkylation sites (tertiary alicyclic amines) is 1. The largest absolute Gasteiger partial charge is 0.341 e. The van der Waals surface area contributed by atoms with Crippen LogP contribution in [0.4, 0.5) is 0 Å². The minimum atomic E-state index is 0.194. The smallest absolute Gasteiger partial charge is 0.226 e. The molecule has 5 atom stereocenters. The van der Waals surface area contributed by atoms with Crippen molar-refractivity contribution in [2.24, 2.45) is 17.6 Å². The third-order valence-corrected chi connectivity index (χ3v) is 7.01. The van der Waals surface area contributed by atoms with E-state index >= 15 is 0 Å². The van der Waals surface area contributed by atoms with Gasteiger partial charge in [0, 0.05) is 30.3 Å². The first-order valence-corrected chi connectivity index (χ1v) is 9.50. The number of carbonyl (C=O) groups excluding carboxylic acids is 1. The van der Waals surface area contributed by atoms with E-state index in [9.17, 15) is 4.79 Å². The van der Waals surface area contributed by atoms with Crippen LogP contribution >= 0.6 is 11.8 Å². The van der Waals surface area contributed by atoms with Crippen LogP contribution in [0.3, 0.4) is 0 Å². The molecule has 1 saturated carbocycles. The number of thioether (sulfide) groups is 1. The van der Waals surface area contributed by atoms with Crippen molar-refractivity contribution in [1.82, 2.24) is 4.90 Å². The minimum Gasteiger partial charge on any atom is -0.341 e. The molecule has 2 aliphatic heterocycles. The van der Waals surface area contributed by atoms with Crippen LogP contribution in [0, 0.1) is 11.8 Å². The molecule has 0 spiro atoms. The molecule has 3 fully saturated rings. The summed E-state index contributed by atoms with van der Waals surface area (Å²) in [7, 11) is 0. The van der Waals surface area contributed by atoms with Crippen LogP contribution in [0.15, 0.2) is 30.3 Å². The van der Waals surface area contributed by atoms with Crippen molar-refractivity contribution in [2.75, 3.05) is 18.8 Å². The predicted molar refractivity (Wildman–Crippen MR) is 90.8 cm³/mol. The highest BCUT2D eigenvalue weighted by Gasteiger charge is 2.53. The van der Waals surface area contributed by atoms with E-state index in [1.807, 2.05) is 4.90 Å². The Morgan fingerprint density at radius 1 is 1.23 bits per heavy atom. The number of amides is 1. The molecule has 4 rings (SSSR count). The van der Waals surface area contributed by atoms with E-state index in [0.29, 0.717) is 23.0 Å². The van der Waals surface area contributed by atoms with Gasteiger partial charge in [-0.15, -0.1) is 0 Å². The summed E-state index contributed by atoms with van der Waals surface area (Å²) in [5.41, 5.74) is 7.40. The second-order valence-electron chi connectivity index (χ2n) is 6.98. The van der Waals surface area contributed by atoms with E-state index < -0.39 is 0 Å². The van der Waals surface area contributed by atoms with Gasteiger partial charge in [0.2, 0.25) is 5.91 Å². The average molecular weight is 316 g/mol. The quantitative estimate of drug-likeness (QED) is 0.932. The summed E-state index contributed by atoms with van der Waals surface area (Å²) in [6.45, 7) is 1.63. The zero-order chi connectivity index (χ0) is 15.1. The highest BCUT2D eigenvalue weighted by Crippen LogP contribution is 2.55. The van der Waals surface area contributed by atoms with Crippen molar-refractivity contribution in [2.45, 2.75) is 36.5 Å². The Morgan fingerprint density at radius 2 is 2.05 bits per heavy atom. The fourth-order valence-electron chi connectivity index (χ4n) is 4.17. The van der Waals surface area contributed by atoms with Gasteiger partial charge in [0.15, 0.2) is 0 Å². The summed E-state index contributed by atoms with van der Waals surface area (Å²) < 4.78 is 0. The number of hydrogen-bond acceptors (Lipinski definition) is 3. The zero-order valence-electron chi connectivity index (χ0n) is 12.9. The van der Waals surface area contributed by atoms with E-state index in [0.717, 1.165) is 25.9 Å². The van der Waals surface area contributed by atoms with Crippen molar-refractivity contribution in [3.63, 3.8) is 0 Å². The number of nitrogens with two attached hydrogens (primary N) is 1. The Hall–Kier alpha value is -1.00. The van der Waals surface area contributed by atoms with Crippen LogP contribution in [-0.4, -0.2) is 40.9 Å². The van der Waals surface area contributed by atoms with E-state index in [1.54, 1.807) is 0 Å². The predicted octanol–water partition coefficient (Wildman–Crippen LogP) is 2.47. The van der Waals surface area contributed by atoms with E-state index in [4.69, 9.17) is 5.73 Å². The van der Waals surface area contributed by atoms with Crippen molar-refractivity contribution in [3.05, 3.63) is 35.9 Å². The lowest BCUT2D eigenvalue weighted by molar-refractivity contribution is -0.131. The first-order chi connectivity index (χ1) is 10.7. The fourth-order valence-corrected chi connectivity index (χ4v) is 5.91. The monoisotopic (exact) mass is 316 g/mol. The molecule has 4 heteroatoms. The summed E-state index contributed by atoms with van der Waals surface area (Å²) in [5, 5.41) is 0.632. The van der Waals surface area contributed by atoms with Crippen LogP contribution in [0.1, 0.15) is 30.7 Å². The second-order valence-corrected chi connectivity index (χ2v) is 8.27. The number of hydrogen-bond donors (Lipinski definition) is 1. The van der Waals surface area contributed by atoms with E-state index in [1.165, 1.54) is 17.7 Å². The molecular weight excluding hydrogens is 292 g/mol. The molecule has 1 aromatic carbocycles. The molecule has 22 heavy (non-hydrogen) atoms. The van der Waals surface area contributed by atoms with E-state index in [2.05, 4.69) is 42.1 Å². The van der Waals surface area contributed by atoms with Gasteiger partial charge in [-0.1, -0.05) is 30.3 Å². The number of benzene rings is 1. The standard InChI is InChI=1S/C18H24N2OS/c19-13-6-8-20(11-13)18(21)16-10-15(16)17-14(7-9-22-17)12-4-2-1-3-5-12/h1-5,13-17H,6-11,19H2. The summed E-state index contributed by atoms with van der Waals surface area (Å²) in [4.78, 5) is 14.6. The van der Waals surface area contributed by atoms with E-state index in [-0.39, 0.29) is 12.0 Å². The number of nitrogens with zero attached hydrogens (tertiary/aromatic N) is 1. The maximum Gasteiger partial charge on any atom is 0.226 e. The maximum absolute atomic E-state index is 12.6. The van der Waals surface area contributed by atoms with Crippen LogP contribution in [0.5, 0.6) is 0 Å². The van der Waals surface area contributed by atoms with Gasteiger partial charge in [0.1, 0.15) is 0 Å². The Morgan fingerprint density at radius 3 is 2.77 bits per heavy atom. The van der Waals surface area contributed by atoms with Gasteiger partial charge < -0.3 is 10.6 Å². The molecular formula is C18H24N2OS. The Bertz CT molecular complexity index is 549. The van der Waals surface area contributed by atoms with Crippen molar-refractivity contribution in [3.8, 4) is 0 Å². The highest BCUT2D eigenvalue weighted by atomic mass is 32.2. The summed E-state index contributed by atoms with van der Waals surface area (Å²) in [6, 6.07) is 11.1. The first kappa shape index (κ1) is 14.6. The van der Waals surface area contributed by atoms with Gasteiger partial charge in [-0.3, -0.25) is 4.79 Å². The Labute approximate surface area is 136 Å². The summed E-state index contributed by atoms with van der Waals surface area (Å²) >= 11 is 2.08. The lowest BCUT2D eigenvalue weighted by Crippen LogP contribution is -2.33. The molecule has 3 aliphatic rings. The molecule has 3 nitrogen and oxygen atoms in total. The Balaban J connectivity index is 1.42. The molecule has 2 saturated heterocycles. The molecule has 1 aromatic rings. The van der Waals surface area contributed by atoms with Gasteiger partial charge in [0.25, 0.3) is 0 Å². The lowest BCUT2D eigenvalue weighted by Gasteiger charge is -2.21. The normalized spacial score (nSPS) is 37.5. The minimum absolute atomic E-state index is 0.194. The molecule has 118 valence electrons. The Kier molecular flexibility index (Phi) is 3.91. The van der Waals surface area contributed by atoms with Gasteiger partial charge in [-0.2, -0.15) is 11.8 Å². The number of carbonyl (C=O) groups is 1. The van der Waals surface area contributed by atoms with Crippen molar-refractivity contribution in [1.29, 1.82) is 0 Å². The molecule has 0 aromatic heterocycles. The number of rotatable bonds is 3. The van der Waals surface area contributed by atoms with Crippen molar-refractivity contribution >= 4 is 17.7 Å². The molecule has 0 radical (unpaired) electrons. The van der Waals surface area contributed by atoms with Crippen LogP contribution < -0.4 is 5.73 Å². The third kappa shape index (κ3) is 2.67. The molecule has 0 bridgehead atoms. The molecule has 2 heterocycles. The zero-order valence-corrected chi connectivity index (χ0v) is 13.7. The van der Waals surface area contributed by atoms with Gasteiger partial charge in [-0.05, 0) is 42.4 Å². The third-order valence-electron chi connectivity index (χ3n) is 5.48. The molecule has 2 N–H and O–H groups in total. The molecule has 1 amide bonds. The highest BCUT2D eigenvalue weighted by molar-refractivity contribution is 8.00. The van der Waals surface area contributed by atoms with Gasteiger partial charge >= 0.3 is 0 Å². The van der Waals surface area contributed by atoms with Gasteiger partial charge in [0.05, 0.1) is 0 Å². The fraction of sp³-hybridized carbons (Fsp3) is 0.611.